The van der Waals surface area contributed by atoms with Crippen LogP contribution in [0.1, 0.15) is 119 Å². The normalized spacial score (nSPS) is 45.1. The zero-order chi connectivity index (χ0) is 34.9. The number of carboxylic acids is 1. The molecule has 9 heteroatoms. The van der Waals surface area contributed by atoms with Crippen LogP contribution in [0.4, 0.5) is 0 Å². The number of aliphatic hydroxyl groups excluding tert-OH is 1. The fourth-order valence-electron chi connectivity index (χ4n) is 12.9. The Morgan fingerprint density at radius 3 is 2.40 bits per heavy atom. The summed E-state index contributed by atoms with van der Waals surface area (Å²) in [4.78, 5) is 25.9. The summed E-state index contributed by atoms with van der Waals surface area (Å²) >= 11 is 0. The maximum atomic E-state index is 14.0. The Morgan fingerprint density at radius 1 is 1.06 bits per heavy atom. The quantitative estimate of drug-likeness (QED) is 0.265. The second kappa shape index (κ2) is 13.1. The number of hydrogen-bond acceptors (Lipinski definition) is 8. The lowest BCUT2D eigenvalue weighted by atomic mass is 9.46. The van der Waals surface area contributed by atoms with Crippen molar-refractivity contribution in [2.45, 2.75) is 149 Å². The predicted molar refractivity (Wildman–Crippen MR) is 182 cm³/mol. The Morgan fingerprint density at radius 2 is 1.77 bits per heavy atom. The third-order valence-electron chi connectivity index (χ3n) is 15.3. The molecule has 0 aromatic carbocycles. The summed E-state index contributed by atoms with van der Waals surface area (Å²) in [5.41, 5.74) is -0.191. The Balaban J connectivity index is 0.000000749. The van der Waals surface area contributed by atoms with Gasteiger partial charge >= 0.3 is 5.97 Å². The van der Waals surface area contributed by atoms with Gasteiger partial charge in [0, 0.05) is 18.9 Å². The van der Waals surface area contributed by atoms with Crippen LogP contribution in [0.15, 0.2) is 0 Å². The molecule has 2 saturated heterocycles. The van der Waals surface area contributed by atoms with Gasteiger partial charge in [0.1, 0.15) is 6.10 Å². The maximum absolute atomic E-state index is 14.0. The van der Waals surface area contributed by atoms with Crippen molar-refractivity contribution >= 4 is 11.8 Å². The number of fused-ring (bicyclic) bond motifs is 2. The number of carbonyl (C=O) groups is 2. The van der Waals surface area contributed by atoms with E-state index < -0.39 is 17.7 Å². The summed E-state index contributed by atoms with van der Waals surface area (Å²) in [6.07, 6.45) is 9.76. The largest absolute Gasteiger partial charge is 0.481 e. The molecule has 0 radical (unpaired) electrons. The van der Waals surface area contributed by atoms with E-state index in [0.717, 1.165) is 84.3 Å². The van der Waals surface area contributed by atoms with E-state index in [0.29, 0.717) is 29.2 Å². The summed E-state index contributed by atoms with van der Waals surface area (Å²) in [5, 5.41) is 29.3. The molecule has 7 rings (SSSR count). The number of aliphatic hydroxyl groups is 2. The molecule has 0 bridgehead atoms. The molecule has 9 nitrogen and oxygen atoms in total. The molecule has 7 aliphatic rings. The molecule has 0 aromatic rings. The molecule has 5 aliphatic carbocycles. The van der Waals surface area contributed by atoms with Gasteiger partial charge in [-0.15, -0.1) is 0 Å². The molecule has 5 saturated carbocycles. The van der Waals surface area contributed by atoms with Gasteiger partial charge in [0.2, 0.25) is 0 Å². The molecular formula is C39H65NO8. The number of ketones is 1. The number of morpholine rings is 1. The molecule has 2 spiro atoms. The third-order valence-corrected chi connectivity index (χ3v) is 15.3. The average molecular weight is 676 g/mol. The van der Waals surface area contributed by atoms with E-state index in [1.165, 1.54) is 12.8 Å². The summed E-state index contributed by atoms with van der Waals surface area (Å²) in [6.45, 7) is 19.3. The second-order valence-corrected chi connectivity index (χ2v) is 18.3. The SMILES string of the molecule is CC1C23CCC4(C)C(CCCCC(C)(C)O)C(O)C(=O)C4C2CCC2C(C)(C)C(OC4CN(C5COC5)CCO4)CCC213.CCC(=O)O. The number of carboxylic acid groups (broad SMARTS) is 1. The zero-order valence-electron chi connectivity index (χ0n) is 30.8. The van der Waals surface area contributed by atoms with Gasteiger partial charge in [0.25, 0.3) is 0 Å². The van der Waals surface area contributed by atoms with Crippen LogP contribution in [0.25, 0.3) is 0 Å². The van der Waals surface area contributed by atoms with Crippen molar-refractivity contribution in [3.05, 3.63) is 0 Å². The fraction of sp³-hybridized carbons (Fsp3) is 0.949. The van der Waals surface area contributed by atoms with Gasteiger partial charge < -0.3 is 29.5 Å². The third kappa shape index (κ3) is 5.82. The van der Waals surface area contributed by atoms with Crippen LogP contribution in [0, 0.1) is 51.2 Å². The Labute approximate surface area is 288 Å². The smallest absolute Gasteiger partial charge is 0.303 e. The molecule has 2 aliphatic heterocycles. The monoisotopic (exact) mass is 675 g/mol. The number of carbonyl (C=O) groups excluding carboxylic acids is 1. The molecule has 0 amide bonds. The van der Waals surface area contributed by atoms with E-state index in [4.69, 9.17) is 19.3 Å². The lowest BCUT2D eigenvalue weighted by molar-refractivity contribution is -0.253. The minimum Gasteiger partial charge on any atom is -0.481 e. The summed E-state index contributed by atoms with van der Waals surface area (Å²) in [7, 11) is 0. The Kier molecular flexibility index (Phi) is 10.0. The van der Waals surface area contributed by atoms with Crippen molar-refractivity contribution in [1.82, 2.24) is 4.90 Å². The van der Waals surface area contributed by atoms with Crippen LogP contribution >= 0.6 is 0 Å². The highest BCUT2D eigenvalue weighted by Gasteiger charge is 2.85. The van der Waals surface area contributed by atoms with Crippen LogP contribution in [-0.4, -0.2) is 95.0 Å². The first-order valence-electron chi connectivity index (χ1n) is 19.3. The van der Waals surface area contributed by atoms with Gasteiger partial charge in [0.15, 0.2) is 12.1 Å². The number of hydrogen-bond donors (Lipinski definition) is 3. The molecule has 0 aromatic heterocycles. The predicted octanol–water partition coefficient (Wildman–Crippen LogP) is 5.69. The average Bonchev–Trinajstić information content (AvgIpc) is 3.45. The van der Waals surface area contributed by atoms with Gasteiger partial charge in [-0.2, -0.15) is 0 Å². The van der Waals surface area contributed by atoms with Crippen molar-refractivity contribution in [2.24, 2.45) is 51.2 Å². The first-order valence-corrected chi connectivity index (χ1v) is 19.3. The van der Waals surface area contributed by atoms with Crippen molar-refractivity contribution in [1.29, 1.82) is 0 Å². The van der Waals surface area contributed by atoms with Crippen LogP contribution in [0.5, 0.6) is 0 Å². The molecule has 7 fully saturated rings. The topological polar surface area (TPSA) is 126 Å². The number of rotatable bonds is 9. The van der Waals surface area contributed by atoms with Crippen molar-refractivity contribution in [3.8, 4) is 0 Å². The minimum atomic E-state index is -0.822. The first kappa shape index (κ1) is 36.7. The highest BCUT2D eigenvalue weighted by molar-refractivity contribution is 5.89. The molecule has 274 valence electrons. The van der Waals surface area contributed by atoms with Crippen LogP contribution < -0.4 is 0 Å². The minimum absolute atomic E-state index is 0.00694. The van der Waals surface area contributed by atoms with Crippen LogP contribution in [0.2, 0.25) is 0 Å². The number of unbranched alkanes of at least 4 members (excludes halogenated alkanes) is 1. The van der Waals surface area contributed by atoms with E-state index in [1.807, 2.05) is 13.8 Å². The highest BCUT2D eigenvalue weighted by atomic mass is 16.7. The van der Waals surface area contributed by atoms with E-state index in [2.05, 4.69) is 32.6 Å². The van der Waals surface area contributed by atoms with Gasteiger partial charge in [-0.25, -0.2) is 0 Å². The van der Waals surface area contributed by atoms with Gasteiger partial charge in [0.05, 0.1) is 44.1 Å². The van der Waals surface area contributed by atoms with E-state index in [1.54, 1.807) is 6.92 Å². The first-order chi connectivity index (χ1) is 22.5. The summed E-state index contributed by atoms with van der Waals surface area (Å²) in [5.74, 6) is 1.06. The number of nitrogens with zero attached hydrogens (tertiary/aromatic N) is 1. The highest BCUT2D eigenvalue weighted by Crippen LogP contribution is 2.89. The Bertz CT molecular complexity index is 1200. The number of aliphatic carboxylic acids is 1. The molecule has 11 atom stereocenters. The second-order valence-electron chi connectivity index (χ2n) is 18.3. The Hall–Kier alpha value is -1.10. The summed E-state index contributed by atoms with van der Waals surface area (Å²) < 4.78 is 18.5. The van der Waals surface area contributed by atoms with Gasteiger partial charge in [-0.05, 0) is 111 Å². The van der Waals surface area contributed by atoms with E-state index >= 15 is 0 Å². The lowest BCUT2D eigenvalue weighted by Gasteiger charge is -2.59. The standard InChI is InChI=1S/C36H59NO6.C3H6O2/c1-22-35-16-15-34(6)25(9-7-8-13-32(2,3)40)30(38)31(39)29(34)24(35)10-11-26-33(4,5)27(12-14-36(22,26)35)43-28-19-37(17-18-42-28)23-20-41-21-23;1-2-3(4)5/h22-30,38,40H,7-21H2,1-6H3;2H2,1H3,(H,4,5). The molecular weight excluding hydrogens is 610 g/mol. The molecule has 11 unspecified atom stereocenters. The van der Waals surface area contributed by atoms with Crippen LogP contribution in [-0.2, 0) is 23.8 Å². The molecule has 2 heterocycles. The zero-order valence-corrected chi connectivity index (χ0v) is 30.8. The number of Topliss-reactive ketones (excluding diaryl/α,β-unsaturated/α-hetero) is 1. The van der Waals surface area contributed by atoms with Crippen molar-refractivity contribution in [3.63, 3.8) is 0 Å². The van der Waals surface area contributed by atoms with Gasteiger partial charge in [-0.1, -0.05) is 47.5 Å². The lowest BCUT2D eigenvalue weighted by Crippen LogP contribution is -2.58. The van der Waals surface area contributed by atoms with Gasteiger partial charge in [-0.3, -0.25) is 14.5 Å². The number of ether oxygens (including phenoxy) is 3. The molecule has 3 N–H and O–H groups in total. The maximum Gasteiger partial charge on any atom is 0.303 e. The fourth-order valence-corrected chi connectivity index (χ4v) is 12.9. The van der Waals surface area contributed by atoms with Crippen molar-refractivity contribution < 1.29 is 39.1 Å². The summed E-state index contributed by atoms with van der Waals surface area (Å²) in [6, 6.07) is 0.515. The van der Waals surface area contributed by atoms with E-state index in [9.17, 15) is 19.8 Å². The molecule has 48 heavy (non-hydrogen) atoms. The van der Waals surface area contributed by atoms with Crippen LogP contribution in [0.3, 0.4) is 0 Å². The van der Waals surface area contributed by atoms with E-state index in [-0.39, 0.29) is 52.7 Å². The van der Waals surface area contributed by atoms with Crippen molar-refractivity contribution in [2.75, 3.05) is 32.9 Å².